The van der Waals surface area contributed by atoms with Crippen molar-refractivity contribution >= 4 is 5.78 Å². The number of carbonyl (C=O) groups excluding carboxylic acids is 1. The quantitative estimate of drug-likeness (QED) is 0.406. The van der Waals surface area contributed by atoms with Crippen LogP contribution in [0, 0.1) is 23.4 Å². The van der Waals surface area contributed by atoms with Crippen molar-refractivity contribution in [1.82, 2.24) is 9.97 Å². The number of Topliss-reactive ketones (excluding diaryl/α,β-unsaturated/α-hetero) is 1. The number of ether oxygens (including phenoxy) is 1. The Hall–Kier alpha value is -3.18. The Balaban J connectivity index is 1.43. The summed E-state index contributed by atoms with van der Waals surface area (Å²) in [6, 6.07) is 5.68. The zero-order valence-electron chi connectivity index (χ0n) is 21.5. The minimum absolute atomic E-state index is 0.0343. The van der Waals surface area contributed by atoms with Gasteiger partial charge in [-0.3, -0.25) is 9.78 Å². The highest BCUT2D eigenvalue weighted by Crippen LogP contribution is 2.42. The molecule has 206 valence electrons. The molecule has 2 fully saturated rings. The van der Waals surface area contributed by atoms with Crippen LogP contribution in [0.1, 0.15) is 59.8 Å². The number of aliphatic hydroxyl groups is 3. The Bertz CT molecular complexity index is 1390. The van der Waals surface area contributed by atoms with Crippen molar-refractivity contribution in [2.45, 2.75) is 56.3 Å². The molecule has 3 aromatic rings. The minimum atomic E-state index is -1.52. The van der Waals surface area contributed by atoms with Gasteiger partial charge < -0.3 is 20.1 Å². The van der Waals surface area contributed by atoms with Crippen LogP contribution in [0.4, 0.5) is 13.2 Å². The lowest BCUT2D eigenvalue weighted by atomic mass is 9.68. The summed E-state index contributed by atoms with van der Waals surface area (Å²) in [5, 5.41) is 31.4. The van der Waals surface area contributed by atoms with Crippen molar-refractivity contribution in [3.05, 3.63) is 82.6 Å². The first-order chi connectivity index (χ1) is 18.4. The first kappa shape index (κ1) is 27.4. The number of aliphatic hydroxyl groups excluding tert-OH is 1. The van der Waals surface area contributed by atoms with Crippen LogP contribution in [0.15, 0.2) is 42.7 Å². The number of rotatable bonds is 6. The van der Waals surface area contributed by atoms with Gasteiger partial charge in [-0.1, -0.05) is 6.92 Å². The van der Waals surface area contributed by atoms with E-state index in [-0.39, 0.29) is 42.7 Å². The molecule has 1 saturated heterocycles. The van der Waals surface area contributed by atoms with Crippen molar-refractivity contribution in [2.24, 2.45) is 5.92 Å². The molecule has 1 aromatic carbocycles. The summed E-state index contributed by atoms with van der Waals surface area (Å²) in [6.07, 6.45) is 2.91. The van der Waals surface area contributed by atoms with Crippen LogP contribution in [0.2, 0.25) is 0 Å². The predicted octanol–water partition coefficient (Wildman–Crippen LogP) is 3.83. The molecule has 0 spiro atoms. The van der Waals surface area contributed by atoms with Gasteiger partial charge in [-0.2, -0.15) is 0 Å². The molecule has 0 unspecified atom stereocenters. The molecule has 5 rings (SSSR count). The summed E-state index contributed by atoms with van der Waals surface area (Å²) in [4.78, 5) is 21.4. The molecule has 1 aliphatic carbocycles. The number of pyridine rings is 2. The van der Waals surface area contributed by atoms with Crippen LogP contribution in [-0.2, 0) is 16.8 Å². The van der Waals surface area contributed by atoms with Gasteiger partial charge in [-0.05, 0) is 78.6 Å². The Morgan fingerprint density at radius 1 is 1.08 bits per heavy atom. The highest BCUT2D eigenvalue weighted by Gasteiger charge is 2.43. The first-order valence-corrected chi connectivity index (χ1v) is 12.7. The normalized spacial score (nSPS) is 26.2. The van der Waals surface area contributed by atoms with E-state index in [1.54, 1.807) is 19.2 Å². The fourth-order valence-corrected chi connectivity index (χ4v) is 5.40. The van der Waals surface area contributed by atoms with Crippen molar-refractivity contribution < 1.29 is 38.0 Å². The third kappa shape index (κ3) is 4.98. The van der Waals surface area contributed by atoms with Crippen LogP contribution in [0.25, 0.3) is 11.3 Å². The van der Waals surface area contributed by atoms with E-state index >= 15 is 0 Å². The van der Waals surface area contributed by atoms with Crippen LogP contribution in [0.5, 0.6) is 0 Å². The fourth-order valence-electron chi connectivity index (χ4n) is 5.40. The monoisotopic (exact) mass is 542 g/mol. The third-order valence-electron chi connectivity index (χ3n) is 8.18. The van der Waals surface area contributed by atoms with Gasteiger partial charge in [0.05, 0.1) is 30.5 Å². The van der Waals surface area contributed by atoms with E-state index < -0.39 is 51.8 Å². The van der Waals surface area contributed by atoms with Gasteiger partial charge in [0.1, 0.15) is 34.4 Å². The van der Waals surface area contributed by atoms with Crippen molar-refractivity contribution in [3.63, 3.8) is 0 Å². The molecule has 1 saturated carbocycles. The number of halogens is 3. The summed E-state index contributed by atoms with van der Waals surface area (Å²) >= 11 is 0. The highest BCUT2D eigenvalue weighted by molar-refractivity contribution is 5.96. The Morgan fingerprint density at radius 2 is 1.77 bits per heavy atom. The predicted molar refractivity (Wildman–Crippen MR) is 134 cm³/mol. The van der Waals surface area contributed by atoms with Crippen LogP contribution in [0.3, 0.4) is 0 Å². The third-order valence-corrected chi connectivity index (χ3v) is 8.18. The van der Waals surface area contributed by atoms with E-state index in [2.05, 4.69) is 9.97 Å². The second-order valence-corrected chi connectivity index (χ2v) is 10.9. The minimum Gasteiger partial charge on any atom is -0.390 e. The molecule has 0 bridgehead atoms. The number of hydrogen-bond acceptors (Lipinski definition) is 7. The molecule has 4 atom stereocenters. The zero-order valence-corrected chi connectivity index (χ0v) is 21.5. The molecular formula is C29H29F3N2O5. The summed E-state index contributed by atoms with van der Waals surface area (Å²) in [5.41, 5.74) is -2.98. The smallest absolute Gasteiger partial charge is 0.185 e. The number of ketones is 1. The lowest BCUT2D eigenvalue weighted by Gasteiger charge is -2.43. The van der Waals surface area contributed by atoms with Gasteiger partial charge in [0, 0.05) is 18.8 Å². The fraction of sp³-hybridized carbons (Fsp3) is 0.414. The maximum absolute atomic E-state index is 15.0. The maximum atomic E-state index is 15.0. The Labute approximate surface area is 223 Å². The van der Waals surface area contributed by atoms with E-state index in [4.69, 9.17) is 4.74 Å². The summed E-state index contributed by atoms with van der Waals surface area (Å²) < 4.78 is 49.6. The number of aromatic nitrogens is 2. The van der Waals surface area contributed by atoms with Gasteiger partial charge in [-0.15, -0.1) is 0 Å². The highest BCUT2D eigenvalue weighted by atomic mass is 19.1. The topological polar surface area (TPSA) is 113 Å². The van der Waals surface area contributed by atoms with Crippen LogP contribution in [-0.4, -0.2) is 56.0 Å². The number of benzene rings is 1. The van der Waals surface area contributed by atoms with Crippen molar-refractivity contribution in [2.75, 3.05) is 13.2 Å². The summed E-state index contributed by atoms with van der Waals surface area (Å²) in [7, 11) is 0. The molecule has 0 amide bonds. The van der Waals surface area contributed by atoms with Crippen molar-refractivity contribution in [1.29, 1.82) is 0 Å². The number of nitrogens with zero attached hydrogens (tertiary/aromatic N) is 2. The van der Waals surface area contributed by atoms with E-state index in [1.165, 1.54) is 6.20 Å². The number of carbonyl (C=O) groups is 1. The summed E-state index contributed by atoms with van der Waals surface area (Å²) in [5.74, 6) is -4.11. The molecule has 2 aromatic heterocycles. The molecule has 7 nitrogen and oxygen atoms in total. The van der Waals surface area contributed by atoms with E-state index in [0.717, 1.165) is 29.8 Å². The molecule has 3 N–H and O–H groups in total. The molecule has 3 heterocycles. The van der Waals surface area contributed by atoms with Gasteiger partial charge in [0.15, 0.2) is 5.78 Å². The average molecular weight is 543 g/mol. The van der Waals surface area contributed by atoms with E-state index in [9.17, 15) is 33.3 Å². The first-order valence-electron chi connectivity index (χ1n) is 12.7. The van der Waals surface area contributed by atoms with Gasteiger partial charge >= 0.3 is 0 Å². The van der Waals surface area contributed by atoms with E-state index in [1.807, 2.05) is 6.92 Å². The van der Waals surface area contributed by atoms with Crippen LogP contribution >= 0.6 is 0 Å². The van der Waals surface area contributed by atoms with E-state index in [0.29, 0.717) is 18.4 Å². The van der Waals surface area contributed by atoms with Gasteiger partial charge in [-0.25, -0.2) is 18.2 Å². The molecular weight excluding hydrogens is 513 g/mol. The number of hydrogen-bond donors (Lipinski definition) is 3. The second kappa shape index (κ2) is 10.1. The van der Waals surface area contributed by atoms with Crippen molar-refractivity contribution in [3.8, 4) is 11.3 Å². The molecule has 39 heavy (non-hydrogen) atoms. The standard InChI is InChI=1S/C29H29F3N2O5/c1-15-7-16(9-25(36)28(15,2)37)19-5-6-33-12-17(19)8-24(35)23-4-3-20(30)27(34-23)26-21(31)10-18(11-22(26)32)29(38)13-39-14-29/h3-6,10-12,15-16,25,36-38H,7-9,13-14H2,1-2H3/t15-,16+,25+,28+/m1/s1. The lowest BCUT2D eigenvalue weighted by molar-refractivity contribution is -0.184. The SMILES string of the molecule is C[C@@H]1C[C@H](c2ccncc2CC(=O)c2ccc(F)c(-c3c(F)cc(C4(O)COC4)cc3F)n2)C[C@H](O)[C@@]1(C)O. The Morgan fingerprint density at radius 3 is 2.38 bits per heavy atom. The zero-order chi connectivity index (χ0) is 28.1. The van der Waals surface area contributed by atoms with Gasteiger partial charge in [0.2, 0.25) is 0 Å². The average Bonchev–Trinajstić information content (AvgIpc) is 2.86. The lowest BCUT2D eigenvalue weighted by Crippen LogP contribution is -2.49. The molecule has 10 heteroatoms. The largest absolute Gasteiger partial charge is 0.390 e. The maximum Gasteiger partial charge on any atom is 0.185 e. The Kier molecular flexibility index (Phi) is 7.09. The second-order valence-electron chi connectivity index (χ2n) is 10.9. The molecule has 1 aliphatic heterocycles. The van der Waals surface area contributed by atoms with Gasteiger partial charge in [0.25, 0.3) is 0 Å². The molecule has 2 aliphatic rings. The molecule has 0 radical (unpaired) electrons. The summed E-state index contributed by atoms with van der Waals surface area (Å²) in [6.45, 7) is 3.24. The van der Waals surface area contributed by atoms with Crippen LogP contribution < -0.4 is 0 Å².